The minimum atomic E-state index is -2.16. The van der Waals surface area contributed by atoms with Gasteiger partial charge in [0.15, 0.2) is 0 Å². The molecule has 0 N–H and O–H groups in total. The predicted octanol–water partition coefficient (Wildman–Crippen LogP) is 1.40. The van der Waals surface area contributed by atoms with Crippen molar-refractivity contribution >= 4 is 15.3 Å². The molecule has 0 unspecified atom stereocenters. The van der Waals surface area contributed by atoms with E-state index in [1.807, 2.05) is 10.8 Å². The average molecular weight is 255 g/mol. The van der Waals surface area contributed by atoms with Gasteiger partial charge in [-0.25, -0.2) is 4.57 Å². The van der Waals surface area contributed by atoms with Crippen LogP contribution < -0.4 is 4.57 Å². The Hall–Kier alpha value is -1.36. The van der Waals surface area contributed by atoms with Crippen LogP contribution in [0, 0.1) is 0 Å². The predicted molar refractivity (Wildman–Crippen MR) is 68.3 cm³/mol. The molecule has 0 atom stereocenters. The number of hydrogen-bond acceptors (Lipinski definition) is 2. The third-order valence-electron chi connectivity index (χ3n) is 2.51. The molecule has 17 heavy (non-hydrogen) atoms. The Kier molecular flexibility index (Phi) is 5.69. The second-order valence-corrected chi connectivity index (χ2v) is 4.83. The molecule has 0 saturated carbocycles. The van der Waals surface area contributed by atoms with Crippen molar-refractivity contribution in [1.82, 2.24) is 4.57 Å². The number of imidazole rings is 1. The van der Waals surface area contributed by atoms with E-state index in [1.165, 1.54) is 0 Å². The standard InChI is InChI=1S/C12H19N2O2S/c1-3-5-6-7-12(17(15)16)14-10-9-13(11-14)8-4-2/h4,9-11H,2-3,5-8H2,1H3/q+1. The van der Waals surface area contributed by atoms with E-state index in [0.29, 0.717) is 18.0 Å². The topological polar surface area (TPSA) is 43.0 Å². The van der Waals surface area contributed by atoms with Crippen LogP contribution in [0.1, 0.15) is 32.6 Å². The number of hydrogen-bond donors (Lipinski definition) is 0. The van der Waals surface area contributed by atoms with Crippen molar-refractivity contribution in [3.8, 4) is 0 Å². The van der Waals surface area contributed by atoms with Crippen molar-refractivity contribution in [2.45, 2.75) is 39.2 Å². The molecule has 0 aliphatic rings. The minimum Gasteiger partial charge on any atom is -0.233 e. The highest BCUT2D eigenvalue weighted by Crippen LogP contribution is 2.01. The van der Waals surface area contributed by atoms with Crippen LogP contribution in [0.5, 0.6) is 0 Å². The largest absolute Gasteiger partial charge is 0.257 e. The summed E-state index contributed by atoms with van der Waals surface area (Å²) >= 11 is 0. The Labute approximate surface area is 104 Å². The van der Waals surface area contributed by atoms with Crippen molar-refractivity contribution in [3.05, 3.63) is 31.4 Å². The summed E-state index contributed by atoms with van der Waals surface area (Å²) < 4.78 is 25.9. The van der Waals surface area contributed by atoms with Gasteiger partial charge in [0.2, 0.25) is 11.3 Å². The van der Waals surface area contributed by atoms with Crippen LogP contribution in [0.3, 0.4) is 0 Å². The summed E-state index contributed by atoms with van der Waals surface area (Å²) in [5.41, 5.74) is 0. The van der Waals surface area contributed by atoms with Crippen molar-refractivity contribution < 1.29 is 13.0 Å². The summed E-state index contributed by atoms with van der Waals surface area (Å²) in [6, 6.07) is 0. The van der Waals surface area contributed by atoms with Crippen LogP contribution in [0.15, 0.2) is 31.4 Å². The fourth-order valence-corrected chi connectivity index (χ4v) is 2.21. The summed E-state index contributed by atoms with van der Waals surface area (Å²) in [4.78, 5) is 0.432. The van der Waals surface area contributed by atoms with Gasteiger partial charge < -0.3 is 0 Å². The molecule has 4 nitrogen and oxygen atoms in total. The van der Waals surface area contributed by atoms with Gasteiger partial charge >= 0.3 is 0 Å². The minimum absolute atomic E-state index is 0.432. The lowest BCUT2D eigenvalue weighted by Crippen LogP contribution is -2.30. The first kappa shape index (κ1) is 13.7. The number of rotatable bonds is 6. The maximum atomic E-state index is 11.2. The Morgan fingerprint density at radius 1 is 1.47 bits per heavy atom. The van der Waals surface area contributed by atoms with Gasteiger partial charge in [-0.3, -0.25) is 0 Å². The maximum absolute atomic E-state index is 11.2. The molecule has 0 aromatic carbocycles. The average Bonchev–Trinajstić information content (AvgIpc) is 2.73. The molecule has 1 aromatic rings. The lowest BCUT2D eigenvalue weighted by molar-refractivity contribution is -0.686. The Bertz CT molecular complexity index is 492. The molecule has 0 spiro atoms. The summed E-state index contributed by atoms with van der Waals surface area (Å²) in [5, 5.41) is 0. The van der Waals surface area contributed by atoms with Crippen molar-refractivity contribution in [2.75, 3.05) is 0 Å². The molecule has 1 rings (SSSR count). The first-order valence-electron chi connectivity index (χ1n) is 5.82. The molecule has 1 aromatic heterocycles. The van der Waals surface area contributed by atoms with Gasteiger partial charge in [-0.15, -0.1) is 0 Å². The number of allylic oxidation sites excluding steroid dienone is 1. The van der Waals surface area contributed by atoms with Crippen LogP contribution in [0.4, 0.5) is 0 Å². The molecule has 0 amide bonds. The summed E-state index contributed by atoms with van der Waals surface area (Å²) in [7, 11) is -2.16. The van der Waals surface area contributed by atoms with E-state index in [4.69, 9.17) is 0 Å². The van der Waals surface area contributed by atoms with Crippen LogP contribution >= 0.6 is 0 Å². The highest BCUT2D eigenvalue weighted by atomic mass is 32.2. The van der Waals surface area contributed by atoms with E-state index in [1.54, 1.807) is 23.2 Å². The molecule has 0 saturated heterocycles. The van der Waals surface area contributed by atoms with Gasteiger partial charge in [-0.05, 0) is 6.42 Å². The van der Waals surface area contributed by atoms with Crippen molar-refractivity contribution in [3.63, 3.8) is 0 Å². The van der Waals surface area contributed by atoms with Crippen LogP contribution in [0.25, 0.3) is 0 Å². The van der Waals surface area contributed by atoms with E-state index in [9.17, 15) is 8.42 Å². The first-order valence-corrected chi connectivity index (χ1v) is 6.90. The van der Waals surface area contributed by atoms with Crippen LogP contribution in [-0.2, 0) is 16.8 Å². The second-order valence-electron chi connectivity index (χ2n) is 3.89. The van der Waals surface area contributed by atoms with Gasteiger partial charge in [0.25, 0.3) is 10.3 Å². The number of unbranched alkanes of at least 4 members (excludes halogenated alkanes) is 2. The molecule has 5 heteroatoms. The second kappa shape index (κ2) is 7.06. The highest BCUT2D eigenvalue weighted by molar-refractivity contribution is 7.72. The van der Waals surface area contributed by atoms with Gasteiger partial charge in [0, 0.05) is 6.42 Å². The van der Waals surface area contributed by atoms with E-state index >= 15 is 0 Å². The number of aromatic nitrogens is 2. The zero-order valence-electron chi connectivity index (χ0n) is 10.2. The van der Waals surface area contributed by atoms with E-state index in [0.717, 1.165) is 19.3 Å². The molecule has 94 valence electrons. The van der Waals surface area contributed by atoms with E-state index in [2.05, 4.69) is 13.5 Å². The monoisotopic (exact) mass is 255 g/mol. The van der Waals surface area contributed by atoms with Crippen molar-refractivity contribution in [1.29, 1.82) is 0 Å². The van der Waals surface area contributed by atoms with E-state index < -0.39 is 10.3 Å². The Morgan fingerprint density at radius 2 is 2.24 bits per heavy atom. The summed E-state index contributed by atoms with van der Waals surface area (Å²) in [5.74, 6) is 0. The molecule has 0 aliphatic heterocycles. The van der Waals surface area contributed by atoms with Gasteiger partial charge in [0.05, 0.1) is 0 Å². The molecule has 0 bridgehead atoms. The van der Waals surface area contributed by atoms with Gasteiger partial charge in [-0.2, -0.15) is 13.0 Å². The molecular weight excluding hydrogens is 236 g/mol. The molecule has 0 aliphatic carbocycles. The van der Waals surface area contributed by atoms with Crippen molar-refractivity contribution in [2.24, 2.45) is 0 Å². The Balaban J connectivity index is 2.84. The zero-order chi connectivity index (χ0) is 12.7. The normalized spacial score (nSPS) is 10.2. The van der Waals surface area contributed by atoms with Gasteiger partial charge in [0.1, 0.15) is 18.9 Å². The molecular formula is C12H19N2O2S+. The lowest BCUT2D eigenvalue weighted by atomic mass is 10.2. The Morgan fingerprint density at radius 3 is 2.82 bits per heavy atom. The highest BCUT2D eigenvalue weighted by Gasteiger charge is 2.11. The maximum Gasteiger partial charge on any atom is 0.257 e. The fourth-order valence-electron chi connectivity index (χ4n) is 1.62. The first-order chi connectivity index (χ1) is 8.19. The summed E-state index contributed by atoms with van der Waals surface area (Å²) in [6.07, 6.45) is 10.8. The van der Waals surface area contributed by atoms with Crippen LogP contribution in [0.2, 0.25) is 0 Å². The number of nitrogens with zero attached hydrogens (tertiary/aromatic N) is 2. The summed E-state index contributed by atoms with van der Waals surface area (Å²) in [6.45, 7) is 6.43. The third kappa shape index (κ3) is 4.19. The fraction of sp³-hybridized carbons (Fsp3) is 0.500. The van der Waals surface area contributed by atoms with E-state index in [-0.39, 0.29) is 0 Å². The molecule has 0 radical (unpaired) electrons. The third-order valence-corrected chi connectivity index (χ3v) is 3.31. The molecule has 1 heterocycles. The zero-order valence-corrected chi connectivity index (χ0v) is 11.0. The smallest absolute Gasteiger partial charge is 0.233 e. The lowest BCUT2D eigenvalue weighted by Gasteiger charge is -1.97. The van der Waals surface area contributed by atoms with Crippen LogP contribution in [-0.4, -0.2) is 18.0 Å². The quantitative estimate of drug-likeness (QED) is 0.334. The molecule has 0 fully saturated rings. The van der Waals surface area contributed by atoms with Gasteiger partial charge in [-0.1, -0.05) is 32.4 Å². The SMILES string of the molecule is C=CC[n+]1ccn(C(CCCCC)=S(=O)=O)c1.